The lowest BCUT2D eigenvalue weighted by atomic mass is 10.1. The number of carbonyl (C=O) groups excluding carboxylic acids is 1. The van der Waals surface area contributed by atoms with E-state index in [4.69, 9.17) is 14.5 Å². The zero-order valence-electron chi connectivity index (χ0n) is 25.7. The number of carbonyl (C=O) groups is 1. The molecular weight excluding hydrogens is 582 g/mol. The van der Waals surface area contributed by atoms with Crippen molar-refractivity contribution in [1.82, 2.24) is 29.1 Å². The molecule has 12 nitrogen and oxygen atoms in total. The molecule has 2 aliphatic rings. The molecule has 0 saturated carbocycles. The Morgan fingerprint density at radius 3 is 2.68 bits per heavy atom. The number of unbranched alkanes of at least 4 members (excludes halogenated alkanes) is 5. The zero-order valence-corrected chi connectivity index (χ0v) is 26.5. The number of ether oxygens (including phenoxy) is 2. The fraction of sp³-hybridized carbons (Fsp3) is 0.548. The number of imidazole rings is 1. The topological polar surface area (TPSA) is 132 Å². The summed E-state index contributed by atoms with van der Waals surface area (Å²) in [5.41, 5.74) is 1.81. The third kappa shape index (κ3) is 8.26. The van der Waals surface area contributed by atoms with E-state index in [2.05, 4.69) is 27.1 Å². The lowest BCUT2D eigenvalue weighted by Crippen LogP contribution is -2.57. The Labute approximate surface area is 259 Å². The molecule has 5 rings (SSSR count). The van der Waals surface area contributed by atoms with E-state index in [0.29, 0.717) is 50.0 Å². The number of piperazine rings is 1. The first-order chi connectivity index (χ1) is 21.3. The van der Waals surface area contributed by atoms with E-state index < -0.39 is 16.1 Å². The molecule has 13 heteroatoms. The van der Waals surface area contributed by atoms with Crippen molar-refractivity contribution in [2.45, 2.75) is 71.3 Å². The molecule has 1 fully saturated rings. The summed E-state index contributed by atoms with van der Waals surface area (Å²) in [6.45, 7) is 5.82. The molecule has 238 valence electrons. The molecule has 0 aliphatic carbocycles. The van der Waals surface area contributed by atoms with Crippen LogP contribution in [-0.2, 0) is 21.2 Å². The van der Waals surface area contributed by atoms with Gasteiger partial charge in [-0.05, 0) is 37.5 Å². The highest BCUT2D eigenvalue weighted by atomic mass is 32.2. The first-order valence-electron chi connectivity index (χ1n) is 15.6. The van der Waals surface area contributed by atoms with E-state index >= 15 is 0 Å². The van der Waals surface area contributed by atoms with Crippen LogP contribution < -0.4 is 19.7 Å². The van der Waals surface area contributed by atoms with Crippen molar-refractivity contribution in [3.05, 3.63) is 54.2 Å². The summed E-state index contributed by atoms with van der Waals surface area (Å²) in [6.07, 6.45) is 11.8. The Morgan fingerprint density at radius 1 is 1.05 bits per heavy atom. The molecule has 44 heavy (non-hydrogen) atoms. The third-order valence-electron chi connectivity index (χ3n) is 8.02. The lowest BCUT2D eigenvalue weighted by molar-refractivity contribution is -0.121. The minimum Gasteiger partial charge on any atom is -0.454 e. The van der Waals surface area contributed by atoms with Gasteiger partial charge in [0.05, 0.1) is 11.8 Å². The van der Waals surface area contributed by atoms with E-state index in [9.17, 15) is 13.2 Å². The average molecular weight is 626 g/mol. The molecule has 1 amide bonds. The Bertz CT molecular complexity index is 1500. The van der Waals surface area contributed by atoms with E-state index in [1.54, 1.807) is 27.6 Å². The van der Waals surface area contributed by atoms with Crippen LogP contribution in [0.4, 0.5) is 5.82 Å². The van der Waals surface area contributed by atoms with Crippen LogP contribution in [0.15, 0.2) is 43.0 Å². The molecule has 1 N–H and O–H groups in total. The average Bonchev–Trinajstić information content (AvgIpc) is 3.71. The number of benzene rings is 1. The minimum absolute atomic E-state index is 0.0613. The van der Waals surface area contributed by atoms with Gasteiger partial charge in [0.15, 0.2) is 11.5 Å². The Kier molecular flexibility index (Phi) is 10.7. The monoisotopic (exact) mass is 625 g/mol. The first kappa shape index (κ1) is 31.7. The molecule has 1 unspecified atom stereocenters. The van der Waals surface area contributed by atoms with Crippen molar-refractivity contribution in [3.63, 3.8) is 0 Å². The third-order valence-corrected chi connectivity index (χ3v) is 10.0. The summed E-state index contributed by atoms with van der Waals surface area (Å²) in [6, 6.07) is 7.12. The SMILES string of the molecule is CCCCCCCCS(=O)(=O)N1CCN(c2cc(C)nc(-n3ccnc3)n2)CC1CC(=O)NCCc1ccc2c(c1)OCO2. The van der Waals surface area contributed by atoms with Crippen LogP contribution in [0, 0.1) is 6.92 Å². The van der Waals surface area contributed by atoms with E-state index in [-0.39, 0.29) is 31.4 Å². The van der Waals surface area contributed by atoms with Crippen LogP contribution in [0.5, 0.6) is 11.5 Å². The molecule has 0 radical (unpaired) electrons. The van der Waals surface area contributed by atoms with Gasteiger partial charge in [-0.1, -0.05) is 45.1 Å². The van der Waals surface area contributed by atoms with Crippen molar-refractivity contribution in [2.75, 3.05) is 43.6 Å². The summed E-state index contributed by atoms with van der Waals surface area (Å²) >= 11 is 0. The molecule has 2 aromatic heterocycles. The predicted octanol–water partition coefficient (Wildman–Crippen LogP) is 3.63. The molecule has 4 heterocycles. The van der Waals surface area contributed by atoms with Crippen LogP contribution in [0.25, 0.3) is 5.95 Å². The van der Waals surface area contributed by atoms with Gasteiger partial charge in [0, 0.05) is 56.8 Å². The van der Waals surface area contributed by atoms with Gasteiger partial charge in [0.1, 0.15) is 12.1 Å². The number of nitrogens with one attached hydrogen (secondary N) is 1. The van der Waals surface area contributed by atoms with Crippen molar-refractivity contribution in [1.29, 1.82) is 0 Å². The minimum atomic E-state index is -3.54. The first-order valence-corrected chi connectivity index (χ1v) is 17.2. The highest BCUT2D eigenvalue weighted by Gasteiger charge is 2.36. The van der Waals surface area contributed by atoms with Gasteiger partial charge in [-0.15, -0.1) is 0 Å². The molecule has 0 bridgehead atoms. The maximum Gasteiger partial charge on any atom is 0.237 e. The Hall–Kier alpha value is -3.71. The summed E-state index contributed by atoms with van der Waals surface area (Å²) < 4.78 is 41.3. The molecule has 3 aromatic rings. The zero-order chi connectivity index (χ0) is 30.9. The number of aryl methyl sites for hydroxylation is 1. The molecule has 0 spiro atoms. The van der Waals surface area contributed by atoms with Crippen molar-refractivity contribution >= 4 is 21.7 Å². The Balaban J connectivity index is 1.25. The van der Waals surface area contributed by atoms with Crippen LogP contribution >= 0.6 is 0 Å². The summed E-state index contributed by atoms with van der Waals surface area (Å²) in [4.78, 5) is 28.6. The highest BCUT2D eigenvalue weighted by molar-refractivity contribution is 7.89. The molecule has 1 saturated heterocycles. The van der Waals surface area contributed by atoms with Crippen LogP contribution in [-0.4, -0.2) is 82.9 Å². The number of hydrogen-bond acceptors (Lipinski definition) is 9. The molecule has 2 aliphatic heterocycles. The fourth-order valence-electron chi connectivity index (χ4n) is 5.68. The van der Waals surface area contributed by atoms with Gasteiger partial charge in [0.25, 0.3) is 0 Å². The van der Waals surface area contributed by atoms with Gasteiger partial charge >= 0.3 is 0 Å². The predicted molar refractivity (Wildman–Crippen MR) is 168 cm³/mol. The second-order valence-corrected chi connectivity index (χ2v) is 13.5. The maximum absolute atomic E-state index is 13.6. The van der Waals surface area contributed by atoms with Gasteiger partial charge in [-0.25, -0.2) is 18.4 Å². The summed E-state index contributed by atoms with van der Waals surface area (Å²) in [5, 5.41) is 2.99. The van der Waals surface area contributed by atoms with Gasteiger partial charge in [0.2, 0.25) is 28.7 Å². The van der Waals surface area contributed by atoms with Crippen molar-refractivity contribution < 1.29 is 22.7 Å². The summed E-state index contributed by atoms with van der Waals surface area (Å²) in [5.74, 6) is 2.53. The molecule has 1 aromatic carbocycles. The standard InChI is InChI=1S/C31H43N7O5S/c1-3-4-5-6-7-8-17-44(40,41)38-16-15-36(29-18-24(2)34-31(35-29)37-14-13-32-22-37)21-26(38)20-30(39)33-12-11-25-9-10-27-28(19-25)43-23-42-27/h9-10,13-14,18-19,22,26H,3-8,11-12,15-17,20-21,23H2,1-2H3,(H,33,39). The normalized spacial score (nSPS) is 16.8. The maximum atomic E-state index is 13.6. The summed E-state index contributed by atoms with van der Waals surface area (Å²) in [7, 11) is -3.54. The van der Waals surface area contributed by atoms with E-state index in [1.165, 1.54) is 6.42 Å². The number of nitrogens with zero attached hydrogens (tertiary/aromatic N) is 6. The second kappa shape index (κ2) is 14.8. The van der Waals surface area contributed by atoms with Crippen LogP contribution in [0.1, 0.15) is 63.1 Å². The van der Waals surface area contributed by atoms with E-state index in [1.807, 2.05) is 31.2 Å². The van der Waals surface area contributed by atoms with Crippen molar-refractivity contribution in [3.8, 4) is 17.4 Å². The van der Waals surface area contributed by atoms with E-state index in [0.717, 1.165) is 42.7 Å². The Morgan fingerprint density at radius 2 is 1.86 bits per heavy atom. The lowest BCUT2D eigenvalue weighted by Gasteiger charge is -2.41. The number of anilines is 1. The number of hydrogen-bond donors (Lipinski definition) is 1. The van der Waals surface area contributed by atoms with Gasteiger partial charge in [-0.2, -0.15) is 9.29 Å². The second-order valence-electron chi connectivity index (χ2n) is 11.4. The number of sulfonamides is 1. The number of rotatable bonds is 15. The van der Waals surface area contributed by atoms with Crippen LogP contribution in [0.2, 0.25) is 0 Å². The molecule has 1 atom stereocenters. The largest absolute Gasteiger partial charge is 0.454 e. The smallest absolute Gasteiger partial charge is 0.237 e. The number of amides is 1. The highest BCUT2D eigenvalue weighted by Crippen LogP contribution is 2.32. The number of fused-ring (bicyclic) bond motifs is 1. The quantitative estimate of drug-likeness (QED) is 0.252. The molecular formula is C31H43N7O5S. The van der Waals surface area contributed by atoms with Gasteiger partial charge < -0.3 is 19.7 Å². The van der Waals surface area contributed by atoms with Gasteiger partial charge in [-0.3, -0.25) is 9.36 Å². The fourth-order valence-corrected chi connectivity index (χ4v) is 7.44. The van der Waals surface area contributed by atoms with Crippen molar-refractivity contribution in [2.24, 2.45) is 0 Å². The number of aromatic nitrogens is 4. The van der Waals surface area contributed by atoms with Crippen LogP contribution in [0.3, 0.4) is 0 Å².